The summed E-state index contributed by atoms with van der Waals surface area (Å²) >= 11 is 0. The van der Waals surface area contributed by atoms with Gasteiger partial charge in [-0.25, -0.2) is 0 Å². The summed E-state index contributed by atoms with van der Waals surface area (Å²) in [6.07, 6.45) is 0.826. The van der Waals surface area contributed by atoms with Crippen LogP contribution in [-0.2, 0) is 6.18 Å². The Morgan fingerprint density at radius 2 is 1.83 bits per heavy atom. The number of aromatic nitrogens is 1. The van der Waals surface area contributed by atoms with Gasteiger partial charge in [0.2, 0.25) is 0 Å². The number of benzene rings is 1. The molecule has 1 N–H and O–H groups in total. The second-order valence-corrected chi connectivity index (χ2v) is 4.76. The van der Waals surface area contributed by atoms with Crippen molar-refractivity contribution in [2.75, 3.05) is 7.05 Å². The molecule has 6 heteroatoms. The third-order valence-corrected chi connectivity index (χ3v) is 3.06. The van der Waals surface area contributed by atoms with Crippen molar-refractivity contribution in [2.45, 2.75) is 20.0 Å². The number of nitrogens with zero attached hydrogens (tertiary/aromatic N) is 2. The molecular weight excluding hydrogens is 317 g/mol. The second-order valence-electron chi connectivity index (χ2n) is 4.76. The summed E-state index contributed by atoms with van der Waals surface area (Å²) in [5.41, 5.74) is 0.906. The molecule has 0 saturated carbocycles. The number of phenols is 1. The fourth-order valence-electron chi connectivity index (χ4n) is 1.92. The third-order valence-electron chi connectivity index (χ3n) is 3.06. The van der Waals surface area contributed by atoms with Crippen molar-refractivity contribution in [3.63, 3.8) is 0 Å². The van der Waals surface area contributed by atoms with E-state index in [9.17, 15) is 18.3 Å². The summed E-state index contributed by atoms with van der Waals surface area (Å²) in [4.78, 5) is 7.60. The standard InChI is InChI=1S/C11H13NO.C7H6F3N/c1-3-6-10(12-2)9-7-4-5-8-11(9)13;1-5-6(7(8,9)10)3-2-4-11-5/h3-8,13H,1-2H3;2-4H,1H3/b6-3-,12-10?;. The number of aryl methyl sites for hydroxylation is 1. The maximum Gasteiger partial charge on any atom is 0.418 e. The molecule has 0 spiro atoms. The first-order valence-corrected chi connectivity index (χ1v) is 7.18. The number of rotatable bonds is 2. The zero-order valence-corrected chi connectivity index (χ0v) is 13.7. The Balaban J connectivity index is 0.000000243. The van der Waals surface area contributed by atoms with Crippen LogP contribution in [0.2, 0.25) is 0 Å². The molecule has 0 aliphatic carbocycles. The summed E-state index contributed by atoms with van der Waals surface area (Å²) in [5.74, 6) is 0.265. The second kappa shape index (κ2) is 8.86. The summed E-state index contributed by atoms with van der Waals surface area (Å²) in [6.45, 7) is 3.26. The maximum atomic E-state index is 12.0. The largest absolute Gasteiger partial charge is 0.507 e. The zero-order chi connectivity index (χ0) is 18.2. The molecule has 1 aromatic heterocycles. The molecule has 3 nitrogen and oxygen atoms in total. The van der Waals surface area contributed by atoms with E-state index in [1.807, 2.05) is 31.2 Å². The van der Waals surface area contributed by atoms with Gasteiger partial charge in [0.1, 0.15) is 5.75 Å². The fraction of sp³-hybridized carbons (Fsp3) is 0.222. The molecular formula is C18H19F3N2O. The molecule has 1 heterocycles. The smallest absolute Gasteiger partial charge is 0.418 e. The van der Waals surface area contributed by atoms with Crippen LogP contribution in [0.5, 0.6) is 5.75 Å². The van der Waals surface area contributed by atoms with Crippen LogP contribution in [0.25, 0.3) is 0 Å². The van der Waals surface area contributed by atoms with Gasteiger partial charge in [-0.2, -0.15) is 13.2 Å². The number of aromatic hydroxyl groups is 1. The molecule has 0 bridgehead atoms. The SMILES string of the molecule is C/C=C\C(=NC)c1ccccc1O.Cc1ncccc1C(F)(F)F. The van der Waals surface area contributed by atoms with E-state index < -0.39 is 11.7 Å². The van der Waals surface area contributed by atoms with Gasteiger partial charge in [0, 0.05) is 24.5 Å². The number of aliphatic imine (C=N–C) groups is 1. The number of allylic oxidation sites excluding steroid dienone is 2. The van der Waals surface area contributed by atoms with E-state index in [-0.39, 0.29) is 11.4 Å². The van der Waals surface area contributed by atoms with Gasteiger partial charge in [-0.05, 0) is 44.2 Å². The average molecular weight is 336 g/mol. The number of phenolic OH excluding ortho intramolecular Hbond substituents is 1. The Hall–Kier alpha value is -2.63. The first-order chi connectivity index (χ1) is 11.3. The molecule has 0 aliphatic rings. The summed E-state index contributed by atoms with van der Waals surface area (Å²) < 4.78 is 36.0. The Kier molecular flexibility index (Phi) is 7.17. The van der Waals surface area contributed by atoms with E-state index in [0.717, 1.165) is 17.3 Å². The predicted molar refractivity (Wildman–Crippen MR) is 89.4 cm³/mol. The van der Waals surface area contributed by atoms with Gasteiger partial charge in [-0.1, -0.05) is 18.2 Å². The highest BCUT2D eigenvalue weighted by Crippen LogP contribution is 2.30. The molecule has 0 atom stereocenters. The van der Waals surface area contributed by atoms with Gasteiger partial charge >= 0.3 is 6.18 Å². The molecule has 0 fully saturated rings. The van der Waals surface area contributed by atoms with Crippen LogP contribution in [0.4, 0.5) is 13.2 Å². The predicted octanol–water partition coefficient (Wildman–Crippen LogP) is 4.80. The van der Waals surface area contributed by atoms with Crippen molar-refractivity contribution < 1.29 is 18.3 Å². The van der Waals surface area contributed by atoms with Crippen LogP contribution < -0.4 is 0 Å². The van der Waals surface area contributed by atoms with Crippen LogP contribution in [0, 0.1) is 6.92 Å². The summed E-state index contributed by atoms with van der Waals surface area (Å²) in [6, 6.07) is 9.46. The fourth-order valence-corrected chi connectivity index (χ4v) is 1.92. The van der Waals surface area contributed by atoms with E-state index >= 15 is 0 Å². The van der Waals surface area contributed by atoms with Gasteiger partial charge in [0.15, 0.2) is 0 Å². The lowest BCUT2D eigenvalue weighted by molar-refractivity contribution is -0.138. The number of hydrogen-bond donors (Lipinski definition) is 1. The van der Waals surface area contributed by atoms with Gasteiger partial charge in [0.05, 0.1) is 11.3 Å². The Morgan fingerprint density at radius 3 is 2.29 bits per heavy atom. The van der Waals surface area contributed by atoms with Gasteiger partial charge in [-0.3, -0.25) is 9.98 Å². The highest BCUT2D eigenvalue weighted by molar-refractivity contribution is 6.10. The van der Waals surface area contributed by atoms with Crippen LogP contribution >= 0.6 is 0 Å². The molecule has 2 rings (SSSR count). The number of alkyl halides is 3. The Bertz CT molecular complexity index is 722. The van der Waals surface area contributed by atoms with Crippen LogP contribution in [0.3, 0.4) is 0 Å². The topological polar surface area (TPSA) is 45.5 Å². The molecule has 0 radical (unpaired) electrons. The molecule has 128 valence electrons. The van der Waals surface area contributed by atoms with Crippen molar-refractivity contribution in [1.82, 2.24) is 4.98 Å². The number of halogens is 3. The van der Waals surface area contributed by atoms with E-state index in [0.29, 0.717) is 0 Å². The van der Waals surface area contributed by atoms with Gasteiger partial charge < -0.3 is 5.11 Å². The molecule has 1 aromatic carbocycles. The van der Waals surface area contributed by atoms with Gasteiger partial charge in [0.25, 0.3) is 0 Å². The van der Waals surface area contributed by atoms with Crippen LogP contribution in [0.15, 0.2) is 59.7 Å². The first kappa shape index (κ1) is 19.4. The van der Waals surface area contributed by atoms with Gasteiger partial charge in [-0.15, -0.1) is 0 Å². The average Bonchev–Trinajstić information content (AvgIpc) is 2.53. The lowest BCUT2D eigenvalue weighted by Gasteiger charge is -2.07. The molecule has 2 aromatic rings. The lowest BCUT2D eigenvalue weighted by atomic mass is 10.1. The Labute approximate surface area is 139 Å². The molecule has 0 saturated heterocycles. The first-order valence-electron chi connectivity index (χ1n) is 7.18. The summed E-state index contributed by atoms with van der Waals surface area (Å²) in [5, 5.41) is 9.52. The third kappa shape index (κ3) is 5.53. The molecule has 0 unspecified atom stereocenters. The highest BCUT2D eigenvalue weighted by Gasteiger charge is 2.32. The minimum absolute atomic E-state index is 0.0139. The number of hydrogen-bond acceptors (Lipinski definition) is 3. The van der Waals surface area contributed by atoms with E-state index in [4.69, 9.17) is 0 Å². The normalized spacial score (nSPS) is 12.0. The minimum atomic E-state index is -4.28. The van der Waals surface area contributed by atoms with Crippen molar-refractivity contribution >= 4 is 5.71 Å². The van der Waals surface area contributed by atoms with E-state index in [1.54, 1.807) is 19.2 Å². The molecule has 24 heavy (non-hydrogen) atoms. The zero-order valence-electron chi connectivity index (χ0n) is 13.7. The van der Waals surface area contributed by atoms with E-state index in [2.05, 4.69) is 9.98 Å². The Morgan fingerprint density at radius 1 is 1.17 bits per heavy atom. The van der Waals surface area contributed by atoms with E-state index in [1.165, 1.54) is 19.2 Å². The highest BCUT2D eigenvalue weighted by atomic mass is 19.4. The van der Waals surface area contributed by atoms with Crippen molar-refractivity contribution in [2.24, 2.45) is 4.99 Å². The van der Waals surface area contributed by atoms with Crippen molar-refractivity contribution in [1.29, 1.82) is 0 Å². The number of para-hydroxylation sites is 1. The lowest BCUT2D eigenvalue weighted by Crippen LogP contribution is -2.07. The van der Waals surface area contributed by atoms with Crippen LogP contribution in [-0.4, -0.2) is 22.8 Å². The summed E-state index contributed by atoms with van der Waals surface area (Å²) in [7, 11) is 1.71. The van der Waals surface area contributed by atoms with Crippen LogP contribution in [0.1, 0.15) is 23.7 Å². The minimum Gasteiger partial charge on any atom is -0.507 e. The molecule has 0 aliphatic heterocycles. The molecule has 0 amide bonds. The van der Waals surface area contributed by atoms with Crippen molar-refractivity contribution in [3.8, 4) is 5.75 Å². The quantitative estimate of drug-likeness (QED) is 0.801. The monoisotopic (exact) mass is 336 g/mol. The van der Waals surface area contributed by atoms with Crippen molar-refractivity contribution in [3.05, 3.63) is 71.6 Å². The maximum absolute atomic E-state index is 12.0. The number of pyridine rings is 1.